The molecular weight excluding hydrogens is 368 g/mol. The number of carbonyl (C=O) groups excluding carboxylic acids is 2. The molecular formula is C20H25BrO3. The summed E-state index contributed by atoms with van der Waals surface area (Å²) in [6.45, 7) is 4.42. The van der Waals surface area contributed by atoms with Gasteiger partial charge >= 0.3 is 5.97 Å². The van der Waals surface area contributed by atoms with Gasteiger partial charge in [-0.3, -0.25) is 9.59 Å². The van der Waals surface area contributed by atoms with E-state index in [2.05, 4.69) is 15.9 Å². The third-order valence-electron chi connectivity index (χ3n) is 4.63. The minimum absolute atomic E-state index is 0.0349. The van der Waals surface area contributed by atoms with E-state index in [0.717, 1.165) is 10.9 Å². The van der Waals surface area contributed by atoms with Gasteiger partial charge in [0, 0.05) is 17.2 Å². The van der Waals surface area contributed by atoms with Crippen LogP contribution in [0.2, 0.25) is 0 Å². The van der Waals surface area contributed by atoms with Crippen LogP contribution >= 0.6 is 15.9 Å². The number of carbonyl (C=O) groups is 2. The van der Waals surface area contributed by atoms with Crippen LogP contribution in [0.3, 0.4) is 0 Å². The molecule has 3 nitrogen and oxygen atoms in total. The lowest BCUT2D eigenvalue weighted by atomic mass is 9.77. The molecule has 2 rings (SSSR count). The maximum Gasteiger partial charge on any atom is 0.316 e. The van der Waals surface area contributed by atoms with E-state index >= 15 is 0 Å². The first-order valence-electron chi connectivity index (χ1n) is 8.49. The third-order valence-corrected chi connectivity index (χ3v) is 5.00. The van der Waals surface area contributed by atoms with E-state index in [4.69, 9.17) is 4.74 Å². The highest BCUT2D eigenvalue weighted by Crippen LogP contribution is 2.32. The molecule has 0 aliphatic carbocycles. The second kappa shape index (κ2) is 9.16. The Morgan fingerprint density at radius 2 is 2.00 bits per heavy atom. The van der Waals surface area contributed by atoms with Crippen LogP contribution in [0.5, 0.6) is 0 Å². The fraction of sp³-hybridized carbons (Fsp3) is 0.500. The van der Waals surface area contributed by atoms with Gasteiger partial charge in [0.05, 0.1) is 6.61 Å². The predicted octanol–water partition coefficient (Wildman–Crippen LogP) is 4.20. The van der Waals surface area contributed by atoms with E-state index in [1.807, 2.05) is 56.3 Å². The molecule has 1 aromatic rings. The van der Waals surface area contributed by atoms with Gasteiger partial charge in [-0.05, 0) is 24.3 Å². The average molecular weight is 393 g/mol. The van der Waals surface area contributed by atoms with E-state index in [9.17, 15) is 9.59 Å². The van der Waals surface area contributed by atoms with Crippen LogP contribution in [0.15, 0.2) is 42.5 Å². The number of rotatable bonds is 8. The number of benzene rings is 1. The summed E-state index contributed by atoms with van der Waals surface area (Å²) in [6.07, 6.45) is 5.38. The number of ketones is 1. The highest BCUT2D eigenvalue weighted by Gasteiger charge is 2.44. The summed E-state index contributed by atoms with van der Waals surface area (Å²) in [7, 11) is 0. The number of hydrogen-bond acceptors (Lipinski definition) is 3. The van der Waals surface area contributed by atoms with Crippen molar-refractivity contribution in [2.24, 2.45) is 23.7 Å². The largest absolute Gasteiger partial charge is 0.465 e. The summed E-state index contributed by atoms with van der Waals surface area (Å²) in [6, 6.07) is 9.98. The van der Waals surface area contributed by atoms with Gasteiger partial charge in [0.15, 0.2) is 5.78 Å². The van der Waals surface area contributed by atoms with Crippen molar-refractivity contribution in [1.82, 2.24) is 0 Å². The molecule has 130 valence electrons. The van der Waals surface area contributed by atoms with E-state index in [0.29, 0.717) is 19.4 Å². The molecule has 0 aromatic heterocycles. The number of hydrogen-bond donors (Lipinski definition) is 0. The van der Waals surface area contributed by atoms with Crippen molar-refractivity contribution in [2.45, 2.75) is 26.7 Å². The van der Waals surface area contributed by atoms with Gasteiger partial charge in [-0.1, -0.05) is 72.3 Å². The maximum atomic E-state index is 13.0. The lowest BCUT2D eigenvalue weighted by molar-refractivity contribution is -0.146. The van der Waals surface area contributed by atoms with E-state index in [-0.39, 0.29) is 29.5 Å². The third kappa shape index (κ3) is 4.79. The van der Waals surface area contributed by atoms with Gasteiger partial charge in [0.25, 0.3) is 0 Å². The molecule has 0 saturated carbocycles. The zero-order chi connectivity index (χ0) is 17.5. The number of halogens is 1. The summed E-state index contributed by atoms with van der Waals surface area (Å²) >= 11 is 3.35. The minimum atomic E-state index is -0.630. The van der Waals surface area contributed by atoms with Crippen LogP contribution < -0.4 is 0 Å². The maximum absolute atomic E-state index is 13.0. The first kappa shape index (κ1) is 18.9. The number of allylic oxidation sites excluding steroid dienone is 2. The van der Waals surface area contributed by atoms with Gasteiger partial charge in [-0.2, -0.15) is 0 Å². The van der Waals surface area contributed by atoms with E-state index in [1.165, 1.54) is 0 Å². The zero-order valence-corrected chi connectivity index (χ0v) is 15.9. The molecule has 24 heavy (non-hydrogen) atoms. The molecule has 3 atom stereocenters. The number of esters is 1. The van der Waals surface area contributed by atoms with Crippen LogP contribution in [-0.2, 0) is 20.7 Å². The van der Waals surface area contributed by atoms with Crippen LogP contribution in [0.4, 0.5) is 0 Å². The Hall–Kier alpha value is -1.42. The predicted molar refractivity (Wildman–Crippen MR) is 99.0 cm³/mol. The second-order valence-electron chi connectivity index (χ2n) is 6.67. The topological polar surface area (TPSA) is 43.4 Å². The molecule has 0 spiro atoms. The van der Waals surface area contributed by atoms with Crippen molar-refractivity contribution in [3.63, 3.8) is 0 Å². The van der Waals surface area contributed by atoms with Crippen LogP contribution in [0.25, 0.3) is 0 Å². The highest BCUT2D eigenvalue weighted by molar-refractivity contribution is 9.09. The molecule has 4 heteroatoms. The summed E-state index contributed by atoms with van der Waals surface area (Å²) in [5.74, 6) is -0.954. The van der Waals surface area contributed by atoms with Crippen molar-refractivity contribution in [3.8, 4) is 0 Å². The Labute approximate surface area is 152 Å². The number of alkyl halides is 1. The highest BCUT2D eigenvalue weighted by atomic mass is 79.9. The molecule has 1 saturated heterocycles. The molecule has 0 N–H and O–H groups in total. The second-order valence-corrected chi connectivity index (χ2v) is 7.32. The van der Waals surface area contributed by atoms with Gasteiger partial charge in [0.1, 0.15) is 5.92 Å². The van der Waals surface area contributed by atoms with Gasteiger partial charge in [0.2, 0.25) is 0 Å². The van der Waals surface area contributed by atoms with Crippen LogP contribution in [0, 0.1) is 23.7 Å². The van der Waals surface area contributed by atoms with Gasteiger partial charge in [-0.25, -0.2) is 0 Å². The lowest BCUT2D eigenvalue weighted by Crippen LogP contribution is -2.34. The first-order chi connectivity index (χ1) is 11.5. The zero-order valence-electron chi connectivity index (χ0n) is 14.3. The SMILES string of the molecule is CC(C)[C@H](CC=CCBr)C(=O)C1C(=O)OC[C@@H]1Cc1ccccc1. The molecule has 0 bridgehead atoms. The molecule has 1 fully saturated rings. The standard InChI is InChI=1S/C20H25BrO3/c1-14(2)17(10-6-7-11-21)19(22)18-16(13-24-20(18)23)12-15-8-4-3-5-9-15/h3-9,14,16-18H,10-13H2,1-2H3/t16-,17-,18?/m0/s1. The van der Waals surface area contributed by atoms with Crippen molar-refractivity contribution in [1.29, 1.82) is 0 Å². The number of cyclic esters (lactones) is 1. The molecule has 1 aromatic carbocycles. The monoisotopic (exact) mass is 392 g/mol. The summed E-state index contributed by atoms with van der Waals surface area (Å²) in [4.78, 5) is 25.3. The fourth-order valence-corrected chi connectivity index (χ4v) is 3.53. The van der Waals surface area contributed by atoms with Crippen LogP contribution in [0.1, 0.15) is 25.8 Å². The fourth-order valence-electron chi connectivity index (χ4n) is 3.26. The van der Waals surface area contributed by atoms with Gasteiger partial charge < -0.3 is 4.74 Å². The molecule has 0 radical (unpaired) electrons. The average Bonchev–Trinajstić information content (AvgIpc) is 2.92. The van der Waals surface area contributed by atoms with E-state index < -0.39 is 5.92 Å². The Balaban J connectivity index is 2.13. The smallest absolute Gasteiger partial charge is 0.316 e. The van der Waals surface area contributed by atoms with Crippen molar-refractivity contribution >= 4 is 27.7 Å². The normalized spacial score (nSPS) is 22.1. The summed E-state index contributed by atoms with van der Waals surface area (Å²) in [5, 5.41) is 0.772. The minimum Gasteiger partial charge on any atom is -0.465 e. The summed E-state index contributed by atoms with van der Waals surface area (Å²) in [5.41, 5.74) is 1.14. The van der Waals surface area contributed by atoms with E-state index in [1.54, 1.807) is 0 Å². The van der Waals surface area contributed by atoms with Crippen molar-refractivity contribution in [3.05, 3.63) is 48.0 Å². The van der Waals surface area contributed by atoms with Gasteiger partial charge in [-0.15, -0.1) is 0 Å². The quantitative estimate of drug-likeness (QED) is 0.288. The Bertz CT molecular complexity index is 580. The lowest BCUT2D eigenvalue weighted by Gasteiger charge is -2.23. The summed E-state index contributed by atoms with van der Waals surface area (Å²) < 4.78 is 5.24. The molecule has 0 amide bonds. The number of ether oxygens (including phenoxy) is 1. The first-order valence-corrected chi connectivity index (χ1v) is 9.62. The van der Waals surface area contributed by atoms with Crippen LogP contribution in [-0.4, -0.2) is 23.7 Å². The molecule has 1 unspecified atom stereocenters. The Kier molecular flexibility index (Phi) is 7.22. The van der Waals surface area contributed by atoms with Crippen molar-refractivity contribution in [2.75, 3.05) is 11.9 Å². The Morgan fingerprint density at radius 1 is 1.29 bits per heavy atom. The van der Waals surface area contributed by atoms with Crippen molar-refractivity contribution < 1.29 is 14.3 Å². The molecule has 1 aliphatic rings. The molecule has 1 aliphatic heterocycles. The Morgan fingerprint density at radius 3 is 2.62 bits per heavy atom. The molecule has 1 heterocycles. The number of Topliss-reactive ketones (excluding diaryl/α,β-unsaturated/α-hetero) is 1.